The lowest BCUT2D eigenvalue weighted by Crippen LogP contribution is -2.21. The highest BCUT2D eigenvalue weighted by atomic mass is 35.5. The number of halogens is 1. The maximum atomic E-state index is 11.4. The third-order valence-electron chi connectivity index (χ3n) is 2.45. The number of hydrogen-bond donors (Lipinski definition) is 1. The summed E-state index contributed by atoms with van der Waals surface area (Å²) in [5.41, 5.74) is 1.97. The van der Waals surface area contributed by atoms with Gasteiger partial charge in [-0.1, -0.05) is 37.1 Å². The van der Waals surface area contributed by atoms with Gasteiger partial charge in [-0.25, -0.2) is 0 Å². The highest BCUT2D eigenvalue weighted by Crippen LogP contribution is 2.17. The first kappa shape index (κ1) is 13.8. The topological polar surface area (TPSA) is 29.1 Å². The second-order valence-electron chi connectivity index (χ2n) is 3.99. The maximum Gasteiger partial charge on any atom is 0.243 e. The Hall–Kier alpha value is -1.28. The van der Waals surface area contributed by atoms with Crippen molar-refractivity contribution >= 4 is 23.6 Å². The van der Waals surface area contributed by atoms with E-state index < -0.39 is 0 Å². The molecule has 0 atom stereocenters. The molecule has 0 radical (unpaired) electrons. The van der Waals surface area contributed by atoms with Gasteiger partial charge in [0.2, 0.25) is 5.91 Å². The molecule has 1 N–H and O–H groups in total. The molecule has 0 aliphatic carbocycles. The molecule has 2 nitrogen and oxygen atoms in total. The smallest absolute Gasteiger partial charge is 0.243 e. The predicted molar refractivity (Wildman–Crippen MR) is 73.1 cm³/mol. The number of carbonyl (C=O) groups excluding carboxylic acids is 1. The average molecular weight is 252 g/mol. The normalized spacial score (nSPS) is 10.8. The lowest BCUT2D eigenvalue weighted by molar-refractivity contribution is -0.116. The van der Waals surface area contributed by atoms with Gasteiger partial charge < -0.3 is 5.32 Å². The van der Waals surface area contributed by atoms with E-state index in [9.17, 15) is 4.79 Å². The standard InChI is InChI=1S/C14H18ClNO/c1-3-4-9-16-14(17)8-7-12-6-5-11(2)13(15)10-12/h5-8,10H,3-4,9H2,1-2H3,(H,16,17)/b8-7+. The molecule has 0 unspecified atom stereocenters. The summed E-state index contributed by atoms with van der Waals surface area (Å²) in [7, 11) is 0. The van der Waals surface area contributed by atoms with Gasteiger partial charge in [0.15, 0.2) is 0 Å². The molecule has 0 aliphatic heterocycles. The van der Waals surface area contributed by atoms with Gasteiger partial charge in [-0.3, -0.25) is 4.79 Å². The van der Waals surface area contributed by atoms with Gasteiger partial charge in [0.25, 0.3) is 0 Å². The van der Waals surface area contributed by atoms with E-state index in [0.717, 1.165) is 35.5 Å². The highest BCUT2D eigenvalue weighted by molar-refractivity contribution is 6.31. The molecule has 92 valence electrons. The van der Waals surface area contributed by atoms with Crippen LogP contribution >= 0.6 is 11.6 Å². The quantitative estimate of drug-likeness (QED) is 0.629. The molecule has 0 fully saturated rings. The number of rotatable bonds is 5. The summed E-state index contributed by atoms with van der Waals surface area (Å²) < 4.78 is 0. The fraction of sp³-hybridized carbons (Fsp3) is 0.357. The van der Waals surface area contributed by atoms with Crippen molar-refractivity contribution in [2.75, 3.05) is 6.54 Å². The lowest BCUT2D eigenvalue weighted by Gasteiger charge is -2.00. The van der Waals surface area contributed by atoms with Gasteiger partial charge in [-0.15, -0.1) is 0 Å². The Bertz CT molecular complexity index is 413. The summed E-state index contributed by atoms with van der Waals surface area (Å²) >= 11 is 6.00. The third-order valence-corrected chi connectivity index (χ3v) is 2.86. The van der Waals surface area contributed by atoms with Crippen LogP contribution in [0.4, 0.5) is 0 Å². The van der Waals surface area contributed by atoms with Crippen LogP contribution in [0, 0.1) is 6.92 Å². The van der Waals surface area contributed by atoms with Gasteiger partial charge in [-0.05, 0) is 36.6 Å². The van der Waals surface area contributed by atoms with Gasteiger partial charge >= 0.3 is 0 Å². The number of aryl methyl sites for hydroxylation is 1. The van der Waals surface area contributed by atoms with Gasteiger partial charge in [-0.2, -0.15) is 0 Å². The van der Waals surface area contributed by atoms with E-state index in [1.165, 1.54) is 6.08 Å². The Morgan fingerprint density at radius 2 is 2.24 bits per heavy atom. The van der Waals surface area contributed by atoms with Crippen LogP contribution in [0.25, 0.3) is 6.08 Å². The van der Waals surface area contributed by atoms with Gasteiger partial charge in [0, 0.05) is 17.6 Å². The summed E-state index contributed by atoms with van der Waals surface area (Å²) in [6, 6.07) is 5.74. The third kappa shape index (κ3) is 5.05. The van der Waals surface area contributed by atoms with E-state index in [1.807, 2.05) is 25.1 Å². The second kappa shape index (κ2) is 7.13. The maximum absolute atomic E-state index is 11.4. The largest absolute Gasteiger partial charge is 0.353 e. The Balaban J connectivity index is 2.52. The molecule has 0 saturated carbocycles. The van der Waals surface area contributed by atoms with E-state index in [-0.39, 0.29) is 5.91 Å². The van der Waals surface area contributed by atoms with E-state index in [1.54, 1.807) is 6.08 Å². The van der Waals surface area contributed by atoms with Crippen molar-refractivity contribution in [1.82, 2.24) is 5.32 Å². The van der Waals surface area contributed by atoms with Crippen molar-refractivity contribution in [3.05, 3.63) is 40.4 Å². The summed E-state index contributed by atoms with van der Waals surface area (Å²) in [6.45, 7) is 4.78. The first-order chi connectivity index (χ1) is 8.13. The zero-order chi connectivity index (χ0) is 12.7. The Kier molecular flexibility index (Phi) is 5.78. The van der Waals surface area contributed by atoms with Crippen molar-refractivity contribution in [2.45, 2.75) is 26.7 Å². The first-order valence-electron chi connectivity index (χ1n) is 5.85. The average Bonchev–Trinajstić information content (AvgIpc) is 2.31. The Morgan fingerprint density at radius 1 is 1.47 bits per heavy atom. The molecule has 0 aromatic heterocycles. The van der Waals surface area contributed by atoms with Crippen LogP contribution in [0.3, 0.4) is 0 Å². The van der Waals surface area contributed by atoms with Crippen LogP contribution in [0.5, 0.6) is 0 Å². The molecule has 1 amide bonds. The number of carbonyl (C=O) groups is 1. The van der Waals surface area contributed by atoms with Gasteiger partial charge in [0.1, 0.15) is 0 Å². The van der Waals surface area contributed by atoms with Gasteiger partial charge in [0.05, 0.1) is 0 Å². The number of hydrogen-bond acceptors (Lipinski definition) is 1. The van der Waals surface area contributed by atoms with Crippen molar-refractivity contribution in [3.8, 4) is 0 Å². The van der Waals surface area contributed by atoms with Crippen molar-refractivity contribution < 1.29 is 4.79 Å². The molecular weight excluding hydrogens is 234 g/mol. The fourth-order valence-corrected chi connectivity index (χ4v) is 1.52. The Morgan fingerprint density at radius 3 is 2.88 bits per heavy atom. The summed E-state index contributed by atoms with van der Waals surface area (Å²) in [4.78, 5) is 11.4. The number of benzene rings is 1. The van der Waals surface area contributed by atoms with Crippen molar-refractivity contribution in [1.29, 1.82) is 0 Å². The molecule has 0 aliphatic rings. The molecule has 1 aromatic rings. The predicted octanol–water partition coefficient (Wildman–Crippen LogP) is 3.58. The number of nitrogens with one attached hydrogen (secondary N) is 1. The second-order valence-corrected chi connectivity index (χ2v) is 4.39. The minimum atomic E-state index is -0.0600. The van der Waals surface area contributed by atoms with Crippen LogP contribution in [0.15, 0.2) is 24.3 Å². The zero-order valence-electron chi connectivity index (χ0n) is 10.3. The molecule has 0 bridgehead atoms. The van der Waals surface area contributed by atoms with Crippen LogP contribution in [-0.4, -0.2) is 12.5 Å². The number of unbranched alkanes of at least 4 members (excludes halogenated alkanes) is 1. The molecule has 1 aromatic carbocycles. The van der Waals surface area contributed by atoms with Crippen LogP contribution < -0.4 is 5.32 Å². The minimum Gasteiger partial charge on any atom is -0.353 e. The van der Waals surface area contributed by atoms with E-state index >= 15 is 0 Å². The van der Waals surface area contributed by atoms with E-state index in [0.29, 0.717) is 0 Å². The SMILES string of the molecule is CCCCNC(=O)/C=C/c1ccc(C)c(Cl)c1. The molecular formula is C14H18ClNO. The molecule has 0 heterocycles. The van der Waals surface area contributed by atoms with Crippen molar-refractivity contribution in [3.63, 3.8) is 0 Å². The van der Waals surface area contributed by atoms with Crippen LogP contribution in [0.1, 0.15) is 30.9 Å². The first-order valence-corrected chi connectivity index (χ1v) is 6.23. The minimum absolute atomic E-state index is 0.0600. The number of amides is 1. The molecule has 0 spiro atoms. The Labute approximate surface area is 108 Å². The summed E-state index contributed by atoms with van der Waals surface area (Å²) in [5.74, 6) is -0.0600. The zero-order valence-corrected chi connectivity index (χ0v) is 11.1. The molecule has 0 saturated heterocycles. The highest BCUT2D eigenvalue weighted by Gasteiger charge is 1.96. The van der Waals surface area contributed by atoms with Crippen LogP contribution in [-0.2, 0) is 4.79 Å². The molecule has 1 rings (SSSR count). The lowest BCUT2D eigenvalue weighted by atomic mass is 10.1. The summed E-state index contributed by atoms with van der Waals surface area (Å²) in [5, 5.41) is 3.54. The summed E-state index contributed by atoms with van der Waals surface area (Å²) in [6.07, 6.45) is 5.40. The fourth-order valence-electron chi connectivity index (χ4n) is 1.33. The van der Waals surface area contributed by atoms with E-state index in [2.05, 4.69) is 12.2 Å². The molecule has 3 heteroatoms. The van der Waals surface area contributed by atoms with Crippen molar-refractivity contribution in [2.24, 2.45) is 0 Å². The van der Waals surface area contributed by atoms with E-state index in [4.69, 9.17) is 11.6 Å². The molecule has 17 heavy (non-hydrogen) atoms. The monoisotopic (exact) mass is 251 g/mol. The van der Waals surface area contributed by atoms with Crippen LogP contribution in [0.2, 0.25) is 5.02 Å².